The third-order valence-corrected chi connectivity index (χ3v) is 5.72. The highest BCUT2D eigenvalue weighted by molar-refractivity contribution is 8.15. The van der Waals surface area contributed by atoms with E-state index in [0.717, 1.165) is 39.2 Å². The van der Waals surface area contributed by atoms with Gasteiger partial charge in [0, 0.05) is 29.7 Å². The second-order valence-electron chi connectivity index (χ2n) is 6.10. The summed E-state index contributed by atoms with van der Waals surface area (Å²) in [6.45, 7) is 0.168. The van der Waals surface area contributed by atoms with E-state index in [0.29, 0.717) is 0 Å². The molecular weight excluding hydrogens is 358 g/mol. The summed E-state index contributed by atoms with van der Waals surface area (Å²) in [7, 11) is 1.47. The lowest BCUT2D eigenvalue weighted by atomic mass is 10.1. The molecule has 2 amide bonds. The third-order valence-electron chi connectivity index (χ3n) is 4.55. The summed E-state index contributed by atoms with van der Waals surface area (Å²) < 4.78 is 29.2. The quantitative estimate of drug-likeness (QED) is 0.687. The number of benzene rings is 2. The van der Waals surface area contributed by atoms with Gasteiger partial charge >= 0.3 is 0 Å². The first-order chi connectivity index (χ1) is 12.5. The lowest BCUT2D eigenvalue weighted by molar-refractivity contribution is -0.125. The molecule has 132 valence electrons. The Bertz CT molecular complexity index is 1050. The van der Waals surface area contributed by atoms with Crippen LogP contribution in [0.4, 0.5) is 13.6 Å². The minimum absolute atomic E-state index is 0.168. The number of likely N-dealkylation sites (N-methyl/N-ethyl adjacent to an activating group) is 1. The topological polar surface area (TPSA) is 42.3 Å². The first-order valence-electron chi connectivity index (χ1n) is 7.96. The molecule has 26 heavy (non-hydrogen) atoms. The molecule has 4 rings (SSSR count). The zero-order valence-corrected chi connectivity index (χ0v) is 14.6. The van der Waals surface area contributed by atoms with E-state index in [1.165, 1.54) is 19.2 Å². The number of hydrogen-bond acceptors (Lipinski definition) is 3. The number of imide groups is 1. The lowest BCUT2D eigenvalue weighted by Crippen LogP contribution is -2.24. The Morgan fingerprint density at radius 3 is 2.58 bits per heavy atom. The predicted octanol–water partition coefficient (Wildman–Crippen LogP) is 4.33. The van der Waals surface area contributed by atoms with Gasteiger partial charge in [-0.25, -0.2) is 8.78 Å². The van der Waals surface area contributed by atoms with Crippen LogP contribution in [0.15, 0.2) is 48.7 Å². The van der Waals surface area contributed by atoms with Crippen LogP contribution in [0.5, 0.6) is 0 Å². The number of fused-ring (bicyclic) bond motifs is 1. The van der Waals surface area contributed by atoms with Gasteiger partial charge in [-0.15, -0.1) is 0 Å². The predicted molar refractivity (Wildman–Crippen MR) is 95.9 cm³/mol. The van der Waals surface area contributed by atoms with Crippen LogP contribution in [0, 0.1) is 11.6 Å². The lowest BCUT2D eigenvalue weighted by Gasteiger charge is -2.11. The van der Waals surface area contributed by atoms with Crippen LogP contribution < -0.4 is 0 Å². The summed E-state index contributed by atoms with van der Waals surface area (Å²) in [5, 5.41) is -0.0468. The van der Waals surface area contributed by atoms with E-state index in [1.54, 1.807) is 16.8 Å². The summed E-state index contributed by atoms with van der Waals surface area (Å²) in [5.41, 5.74) is 1.78. The van der Waals surface area contributed by atoms with Crippen molar-refractivity contribution in [1.82, 2.24) is 9.47 Å². The molecule has 1 aliphatic heterocycles. The van der Waals surface area contributed by atoms with Crippen LogP contribution in [-0.2, 0) is 11.3 Å². The van der Waals surface area contributed by atoms with E-state index in [1.807, 2.05) is 18.2 Å². The van der Waals surface area contributed by atoms with Crippen molar-refractivity contribution in [3.63, 3.8) is 0 Å². The minimum Gasteiger partial charge on any atom is -0.343 e. The van der Waals surface area contributed by atoms with Crippen molar-refractivity contribution in [3.05, 3.63) is 71.4 Å². The number of aromatic nitrogens is 1. The van der Waals surface area contributed by atoms with Gasteiger partial charge in [-0.2, -0.15) is 0 Å². The Hall–Kier alpha value is -2.67. The molecule has 1 aliphatic rings. The first-order valence-corrected chi connectivity index (χ1v) is 8.84. The van der Waals surface area contributed by atoms with Crippen molar-refractivity contribution in [2.45, 2.75) is 11.8 Å². The molecule has 0 saturated carbocycles. The molecule has 1 aromatic heterocycles. The van der Waals surface area contributed by atoms with Crippen LogP contribution in [0.3, 0.4) is 0 Å². The smallest absolute Gasteiger partial charge is 0.289 e. The molecule has 0 radical (unpaired) electrons. The van der Waals surface area contributed by atoms with Gasteiger partial charge in [0.25, 0.3) is 5.24 Å². The van der Waals surface area contributed by atoms with E-state index < -0.39 is 16.9 Å². The zero-order chi connectivity index (χ0) is 18.4. The van der Waals surface area contributed by atoms with Crippen LogP contribution in [0.2, 0.25) is 0 Å². The average Bonchev–Trinajstić information content (AvgIpc) is 3.15. The molecule has 1 unspecified atom stereocenters. The molecule has 3 aromatic rings. The highest BCUT2D eigenvalue weighted by Crippen LogP contribution is 2.41. The summed E-state index contributed by atoms with van der Waals surface area (Å²) in [5.74, 6) is -2.00. The van der Waals surface area contributed by atoms with Crippen molar-refractivity contribution in [3.8, 4) is 0 Å². The average molecular weight is 372 g/mol. The number of rotatable bonds is 3. The van der Waals surface area contributed by atoms with Crippen molar-refractivity contribution < 1.29 is 18.4 Å². The summed E-state index contributed by atoms with van der Waals surface area (Å²) >= 11 is 0.986. The molecule has 0 spiro atoms. The maximum absolute atomic E-state index is 14.0. The van der Waals surface area contributed by atoms with Gasteiger partial charge in [0.1, 0.15) is 5.25 Å². The highest BCUT2D eigenvalue weighted by atomic mass is 32.2. The van der Waals surface area contributed by atoms with Gasteiger partial charge in [0.05, 0.1) is 6.54 Å². The second-order valence-corrected chi connectivity index (χ2v) is 7.15. The maximum atomic E-state index is 14.0. The fourth-order valence-electron chi connectivity index (χ4n) is 3.16. The van der Waals surface area contributed by atoms with Crippen molar-refractivity contribution in [1.29, 1.82) is 0 Å². The first kappa shape index (κ1) is 16.8. The van der Waals surface area contributed by atoms with E-state index in [2.05, 4.69) is 0 Å². The van der Waals surface area contributed by atoms with Gasteiger partial charge in [0.15, 0.2) is 11.6 Å². The number of hydrogen-bond donors (Lipinski definition) is 0. The van der Waals surface area contributed by atoms with Gasteiger partial charge in [-0.3, -0.25) is 14.5 Å². The fourth-order valence-corrected chi connectivity index (χ4v) is 4.20. The van der Waals surface area contributed by atoms with Gasteiger partial charge in [-0.1, -0.05) is 24.3 Å². The molecule has 4 nitrogen and oxygen atoms in total. The number of thioether (sulfide) groups is 1. The number of carbonyl (C=O) groups excluding carboxylic acids is 2. The van der Waals surface area contributed by atoms with Crippen molar-refractivity contribution >= 4 is 33.8 Å². The molecule has 1 atom stereocenters. The van der Waals surface area contributed by atoms with Crippen LogP contribution in [-0.4, -0.2) is 27.7 Å². The molecule has 0 bridgehead atoms. The highest BCUT2D eigenvalue weighted by Gasteiger charge is 2.39. The van der Waals surface area contributed by atoms with Gasteiger partial charge in [0.2, 0.25) is 5.91 Å². The Morgan fingerprint density at radius 1 is 1.08 bits per heavy atom. The second kappa shape index (κ2) is 6.25. The van der Waals surface area contributed by atoms with Gasteiger partial charge in [-0.05, 0) is 35.5 Å². The fraction of sp³-hybridized carbons (Fsp3) is 0.158. The standard InChI is InChI=1S/C19H14F2N2O2S/c1-22-18(24)17(26-19(22)25)13-5-3-7-15-12(13)8-9-23(15)10-11-4-2-6-14(20)16(11)21/h2-9,17H,10H2,1H3. The van der Waals surface area contributed by atoms with Crippen LogP contribution in [0.1, 0.15) is 16.4 Å². The van der Waals surface area contributed by atoms with E-state index in [4.69, 9.17) is 0 Å². The largest absolute Gasteiger partial charge is 0.343 e. The van der Waals surface area contributed by atoms with E-state index in [-0.39, 0.29) is 23.3 Å². The monoisotopic (exact) mass is 372 g/mol. The Balaban J connectivity index is 1.75. The van der Waals surface area contributed by atoms with Gasteiger partial charge < -0.3 is 4.57 Å². The summed E-state index contributed by atoms with van der Waals surface area (Å²) in [6.07, 6.45) is 1.77. The molecule has 0 aliphatic carbocycles. The van der Waals surface area contributed by atoms with Crippen LogP contribution >= 0.6 is 11.8 Å². The van der Waals surface area contributed by atoms with Crippen LogP contribution in [0.25, 0.3) is 10.9 Å². The number of nitrogens with zero attached hydrogens (tertiary/aromatic N) is 2. The molecular formula is C19H14F2N2O2S. The Labute approximate surface area is 152 Å². The molecule has 2 heterocycles. The SMILES string of the molecule is CN1C(=O)SC(c2cccc3c2ccn3Cc2cccc(F)c2F)C1=O. The molecule has 1 saturated heterocycles. The molecule has 0 N–H and O–H groups in total. The molecule has 2 aromatic carbocycles. The number of halogens is 2. The minimum atomic E-state index is -0.880. The summed E-state index contributed by atoms with van der Waals surface area (Å²) in [6, 6.07) is 11.4. The Kier molecular flexibility index (Phi) is 4.03. The van der Waals surface area contributed by atoms with Crippen molar-refractivity contribution in [2.75, 3.05) is 7.05 Å². The normalized spacial score (nSPS) is 17.5. The number of amides is 2. The molecule has 1 fully saturated rings. The maximum Gasteiger partial charge on any atom is 0.289 e. The van der Waals surface area contributed by atoms with E-state index >= 15 is 0 Å². The third kappa shape index (κ3) is 2.59. The molecule has 7 heteroatoms. The summed E-state index contributed by atoms with van der Waals surface area (Å²) in [4.78, 5) is 25.3. The Morgan fingerprint density at radius 2 is 1.85 bits per heavy atom. The number of carbonyl (C=O) groups is 2. The van der Waals surface area contributed by atoms with Crippen molar-refractivity contribution in [2.24, 2.45) is 0 Å². The van der Waals surface area contributed by atoms with E-state index in [9.17, 15) is 18.4 Å². The zero-order valence-electron chi connectivity index (χ0n) is 13.8.